The van der Waals surface area contributed by atoms with E-state index >= 15 is 0 Å². The van der Waals surface area contributed by atoms with Gasteiger partial charge in [-0.15, -0.1) is 0 Å². The number of hydrogen-bond acceptors (Lipinski definition) is 1. The maximum Gasteiger partial charge on any atom is 0.141 e. The third kappa shape index (κ3) is 2.37. The highest BCUT2D eigenvalue weighted by atomic mass is 32.3. The molecule has 1 aliphatic heterocycles. The van der Waals surface area contributed by atoms with E-state index in [2.05, 4.69) is 17.7 Å². The molecule has 0 aliphatic carbocycles. The second-order valence-corrected chi connectivity index (χ2v) is 6.92. The molecule has 0 saturated carbocycles. The van der Waals surface area contributed by atoms with Crippen LogP contribution in [0.4, 0.5) is 0 Å². The van der Waals surface area contributed by atoms with Gasteiger partial charge in [-0.05, 0) is 18.4 Å². The Morgan fingerprint density at radius 3 is 2.82 bits per heavy atom. The molecule has 0 saturated heterocycles. The Morgan fingerprint density at radius 2 is 2.36 bits per heavy atom. The summed E-state index contributed by atoms with van der Waals surface area (Å²) < 4.78 is 0. The SMILES string of the molecule is CCC(=O)CS1(C)C=CCC1. The zero-order chi connectivity index (χ0) is 8.32. The second kappa shape index (κ2) is 3.44. The molecule has 0 aromatic heterocycles. The molecule has 0 aromatic rings. The quantitative estimate of drug-likeness (QED) is 0.638. The maximum atomic E-state index is 11.2. The summed E-state index contributed by atoms with van der Waals surface area (Å²) in [4.78, 5) is 11.2. The first kappa shape index (κ1) is 8.85. The monoisotopic (exact) mass is 172 g/mol. The lowest BCUT2D eigenvalue weighted by molar-refractivity contribution is -0.116. The first-order valence-electron chi connectivity index (χ1n) is 4.08. The normalized spacial score (nSPS) is 35.1. The number of hydrogen-bond donors (Lipinski definition) is 0. The van der Waals surface area contributed by atoms with E-state index in [1.807, 2.05) is 6.92 Å². The summed E-state index contributed by atoms with van der Waals surface area (Å²) in [5.41, 5.74) is 0. The predicted octanol–water partition coefficient (Wildman–Crippen LogP) is 2.32. The molecule has 1 nitrogen and oxygen atoms in total. The van der Waals surface area contributed by atoms with Crippen LogP contribution in [0.2, 0.25) is 0 Å². The average Bonchev–Trinajstić information content (AvgIpc) is 2.36. The lowest BCUT2D eigenvalue weighted by Gasteiger charge is -2.27. The smallest absolute Gasteiger partial charge is 0.141 e. The Morgan fingerprint density at radius 1 is 1.64 bits per heavy atom. The van der Waals surface area contributed by atoms with Crippen molar-refractivity contribution in [2.24, 2.45) is 0 Å². The van der Waals surface area contributed by atoms with E-state index < -0.39 is 10.0 Å². The summed E-state index contributed by atoms with van der Waals surface area (Å²) in [6.07, 6.45) is 6.36. The highest BCUT2D eigenvalue weighted by molar-refractivity contribution is 8.36. The molecule has 0 fully saturated rings. The van der Waals surface area contributed by atoms with Crippen molar-refractivity contribution in [3.63, 3.8) is 0 Å². The van der Waals surface area contributed by atoms with Crippen molar-refractivity contribution in [3.8, 4) is 0 Å². The number of Topliss-reactive ketones (excluding diaryl/α,β-unsaturated/α-hetero) is 1. The lowest BCUT2D eigenvalue weighted by Crippen LogP contribution is -2.10. The molecule has 1 atom stereocenters. The zero-order valence-electron chi connectivity index (χ0n) is 7.30. The van der Waals surface area contributed by atoms with Crippen LogP contribution in [-0.4, -0.2) is 23.5 Å². The van der Waals surface area contributed by atoms with E-state index in [0.29, 0.717) is 12.2 Å². The Bertz CT molecular complexity index is 186. The van der Waals surface area contributed by atoms with Crippen LogP contribution in [0.25, 0.3) is 0 Å². The first-order valence-corrected chi connectivity index (χ1v) is 6.52. The van der Waals surface area contributed by atoms with E-state index in [9.17, 15) is 4.79 Å². The average molecular weight is 172 g/mol. The third-order valence-electron chi connectivity index (χ3n) is 2.06. The molecule has 11 heavy (non-hydrogen) atoms. The van der Waals surface area contributed by atoms with Crippen LogP contribution < -0.4 is 0 Å². The minimum Gasteiger partial charge on any atom is -0.299 e. The molecule has 1 rings (SSSR count). The topological polar surface area (TPSA) is 17.1 Å². The molecule has 0 aromatic carbocycles. The van der Waals surface area contributed by atoms with Crippen LogP contribution in [0, 0.1) is 0 Å². The number of allylic oxidation sites excluding steroid dienone is 1. The molecule has 2 heteroatoms. The van der Waals surface area contributed by atoms with E-state index in [-0.39, 0.29) is 0 Å². The molecule has 64 valence electrons. The lowest BCUT2D eigenvalue weighted by atomic mass is 10.4. The van der Waals surface area contributed by atoms with Crippen LogP contribution in [0.5, 0.6) is 0 Å². The summed E-state index contributed by atoms with van der Waals surface area (Å²) in [6, 6.07) is 0. The van der Waals surface area contributed by atoms with Gasteiger partial charge in [-0.2, -0.15) is 0 Å². The molecule has 0 bridgehead atoms. The number of rotatable bonds is 3. The Balaban J connectivity index is 2.47. The van der Waals surface area contributed by atoms with Gasteiger partial charge in [-0.1, -0.05) is 18.4 Å². The summed E-state index contributed by atoms with van der Waals surface area (Å²) in [6.45, 7) is 1.95. The van der Waals surface area contributed by atoms with Gasteiger partial charge in [0.15, 0.2) is 0 Å². The van der Waals surface area contributed by atoms with Crippen molar-refractivity contribution >= 4 is 15.8 Å². The molecule has 0 radical (unpaired) electrons. The van der Waals surface area contributed by atoms with Gasteiger partial charge in [0.25, 0.3) is 0 Å². The molecule has 0 amide bonds. The van der Waals surface area contributed by atoms with Gasteiger partial charge in [0.05, 0.1) is 0 Å². The summed E-state index contributed by atoms with van der Waals surface area (Å²) in [5.74, 6) is 2.48. The molecule has 1 heterocycles. The Kier molecular flexibility index (Phi) is 2.77. The maximum absolute atomic E-state index is 11.2. The van der Waals surface area contributed by atoms with E-state index in [1.165, 1.54) is 12.2 Å². The fourth-order valence-corrected chi connectivity index (χ4v) is 3.89. The summed E-state index contributed by atoms with van der Waals surface area (Å²) >= 11 is 0. The summed E-state index contributed by atoms with van der Waals surface area (Å²) in [5, 5.41) is 2.28. The van der Waals surface area contributed by atoms with Crippen molar-refractivity contribution < 1.29 is 4.79 Å². The predicted molar refractivity (Wildman–Crippen MR) is 52.3 cm³/mol. The van der Waals surface area contributed by atoms with Gasteiger partial charge in [-0.3, -0.25) is 4.79 Å². The standard InChI is InChI=1S/C9H16OS/c1-3-9(10)8-11(2)6-4-5-7-11/h4,6H,3,5,7-8H2,1-2H3. The second-order valence-electron chi connectivity index (χ2n) is 3.25. The zero-order valence-corrected chi connectivity index (χ0v) is 8.12. The molecule has 0 N–H and O–H groups in total. The van der Waals surface area contributed by atoms with Crippen molar-refractivity contribution in [2.75, 3.05) is 17.8 Å². The van der Waals surface area contributed by atoms with Gasteiger partial charge < -0.3 is 0 Å². The van der Waals surface area contributed by atoms with E-state index in [1.54, 1.807) is 0 Å². The van der Waals surface area contributed by atoms with Crippen molar-refractivity contribution in [1.82, 2.24) is 0 Å². The molecule has 0 spiro atoms. The van der Waals surface area contributed by atoms with E-state index in [4.69, 9.17) is 0 Å². The van der Waals surface area contributed by atoms with Gasteiger partial charge in [0, 0.05) is 12.2 Å². The molecular weight excluding hydrogens is 156 g/mol. The van der Waals surface area contributed by atoms with Crippen LogP contribution in [0.3, 0.4) is 0 Å². The first-order chi connectivity index (χ1) is 5.16. The highest BCUT2D eigenvalue weighted by Crippen LogP contribution is 2.49. The van der Waals surface area contributed by atoms with Gasteiger partial charge in [-0.25, -0.2) is 10.0 Å². The van der Waals surface area contributed by atoms with Crippen LogP contribution in [0.15, 0.2) is 11.5 Å². The van der Waals surface area contributed by atoms with Gasteiger partial charge in [0.1, 0.15) is 5.78 Å². The molecule has 1 aliphatic rings. The van der Waals surface area contributed by atoms with Gasteiger partial charge in [0.2, 0.25) is 0 Å². The Labute approximate surface area is 70.2 Å². The number of ketones is 1. The third-order valence-corrected chi connectivity index (χ3v) is 5.06. The fraction of sp³-hybridized carbons (Fsp3) is 0.667. The van der Waals surface area contributed by atoms with Crippen molar-refractivity contribution in [2.45, 2.75) is 19.8 Å². The van der Waals surface area contributed by atoms with E-state index in [0.717, 1.165) is 5.75 Å². The van der Waals surface area contributed by atoms with Crippen LogP contribution in [-0.2, 0) is 4.79 Å². The Hall–Kier alpha value is -0.240. The highest BCUT2D eigenvalue weighted by Gasteiger charge is 2.20. The van der Waals surface area contributed by atoms with Crippen LogP contribution >= 0.6 is 10.0 Å². The molecule has 1 unspecified atom stereocenters. The molecular formula is C9H16OS. The van der Waals surface area contributed by atoms with Crippen molar-refractivity contribution in [1.29, 1.82) is 0 Å². The fourth-order valence-electron chi connectivity index (χ4n) is 1.30. The summed E-state index contributed by atoms with van der Waals surface area (Å²) in [7, 11) is -0.645. The largest absolute Gasteiger partial charge is 0.299 e. The minimum absolute atomic E-state index is 0.425. The number of carbonyl (C=O) groups is 1. The minimum atomic E-state index is -0.645. The number of carbonyl (C=O) groups excluding carboxylic acids is 1. The van der Waals surface area contributed by atoms with Crippen LogP contribution in [0.1, 0.15) is 19.8 Å². The van der Waals surface area contributed by atoms with Gasteiger partial charge >= 0.3 is 0 Å². The van der Waals surface area contributed by atoms with Crippen molar-refractivity contribution in [3.05, 3.63) is 11.5 Å².